The number of rotatable bonds is 1. The summed E-state index contributed by atoms with van der Waals surface area (Å²) in [5, 5.41) is 19.0. The van der Waals surface area contributed by atoms with E-state index in [1.807, 2.05) is 12.1 Å². The molecule has 3 nitrogen and oxygen atoms in total. The lowest BCUT2D eigenvalue weighted by Gasteiger charge is -2.19. The maximum atomic E-state index is 9.52. The van der Waals surface area contributed by atoms with Crippen LogP contribution in [-0.2, 0) is 6.42 Å². The topological polar surface area (TPSA) is 43.7 Å². The van der Waals surface area contributed by atoms with Crippen LogP contribution in [0.2, 0.25) is 0 Å². The quantitative estimate of drug-likeness (QED) is 0.787. The number of aromatic hydroxyl groups is 2. The molecule has 2 aromatic rings. The van der Waals surface area contributed by atoms with Crippen LogP contribution >= 0.6 is 0 Å². The number of nitrogens with zero attached hydrogens (tertiary/aromatic N) is 1. The zero-order valence-electron chi connectivity index (χ0n) is 9.30. The maximum absolute atomic E-state index is 9.52. The smallest absolute Gasteiger partial charge is 0.121 e. The van der Waals surface area contributed by atoms with Crippen LogP contribution < -0.4 is 4.90 Å². The molecule has 3 rings (SSSR count). The van der Waals surface area contributed by atoms with Gasteiger partial charge in [0.15, 0.2) is 0 Å². The minimum atomic E-state index is 0.0874. The molecule has 17 heavy (non-hydrogen) atoms. The Bertz CT molecular complexity index is 546. The van der Waals surface area contributed by atoms with E-state index in [-0.39, 0.29) is 11.5 Å². The molecule has 0 spiro atoms. The molecule has 0 aliphatic carbocycles. The largest absolute Gasteiger partial charge is 0.508 e. The predicted molar refractivity (Wildman–Crippen MR) is 66.9 cm³/mol. The third-order valence-electron chi connectivity index (χ3n) is 3.09. The van der Waals surface area contributed by atoms with Gasteiger partial charge in [-0.3, -0.25) is 0 Å². The highest BCUT2D eigenvalue weighted by molar-refractivity contribution is 5.71. The Morgan fingerprint density at radius 1 is 0.941 bits per heavy atom. The number of para-hydroxylation sites is 1. The standard InChI is InChI=1S/C14H13NO2/c16-12-7-11(8-13(17)9-12)15-6-5-10-3-1-2-4-14(10)15/h1-4,7-9,16-17H,5-6H2. The first-order valence-electron chi connectivity index (χ1n) is 5.62. The molecule has 0 aromatic heterocycles. The molecule has 1 aliphatic heterocycles. The van der Waals surface area contributed by atoms with Gasteiger partial charge in [0.2, 0.25) is 0 Å². The van der Waals surface area contributed by atoms with Crippen molar-refractivity contribution in [3.05, 3.63) is 48.0 Å². The highest BCUT2D eigenvalue weighted by atomic mass is 16.3. The van der Waals surface area contributed by atoms with E-state index in [9.17, 15) is 10.2 Å². The molecule has 0 atom stereocenters. The van der Waals surface area contributed by atoms with Gasteiger partial charge in [0, 0.05) is 36.1 Å². The Morgan fingerprint density at radius 2 is 1.65 bits per heavy atom. The van der Waals surface area contributed by atoms with Gasteiger partial charge in [0.25, 0.3) is 0 Å². The second-order valence-electron chi connectivity index (χ2n) is 4.24. The van der Waals surface area contributed by atoms with Gasteiger partial charge in [-0.1, -0.05) is 18.2 Å². The molecule has 0 amide bonds. The van der Waals surface area contributed by atoms with Crippen molar-refractivity contribution in [3.63, 3.8) is 0 Å². The number of benzene rings is 2. The first-order valence-corrected chi connectivity index (χ1v) is 5.62. The Morgan fingerprint density at radius 3 is 2.41 bits per heavy atom. The number of anilines is 2. The second-order valence-corrected chi connectivity index (χ2v) is 4.24. The monoisotopic (exact) mass is 227 g/mol. The van der Waals surface area contributed by atoms with E-state index in [0.717, 1.165) is 24.3 Å². The van der Waals surface area contributed by atoms with Crippen molar-refractivity contribution in [2.24, 2.45) is 0 Å². The van der Waals surface area contributed by atoms with E-state index in [0.29, 0.717) is 0 Å². The number of hydrogen-bond acceptors (Lipinski definition) is 3. The van der Waals surface area contributed by atoms with Crippen molar-refractivity contribution in [2.45, 2.75) is 6.42 Å². The minimum Gasteiger partial charge on any atom is -0.508 e. The van der Waals surface area contributed by atoms with E-state index in [1.165, 1.54) is 11.6 Å². The SMILES string of the molecule is Oc1cc(O)cc(N2CCc3ccccc32)c1. The highest BCUT2D eigenvalue weighted by Crippen LogP contribution is 2.37. The van der Waals surface area contributed by atoms with Crippen LogP contribution in [0, 0.1) is 0 Å². The van der Waals surface area contributed by atoms with Crippen LogP contribution in [0.3, 0.4) is 0 Å². The molecule has 0 fully saturated rings. The van der Waals surface area contributed by atoms with Crippen LogP contribution in [0.5, 0.6) is 11.5 Å². The van der Waals surface area contributed by atoms with Crippen LogP contribution in [-0.4, -0.2) is 16.8 Å². The summed E-state index contributed by atoms with van der Waals surface area (Å²) in [6.07, 6.45) is 0.993. The fraction of sp³-hybridized carbons (Fsp3) is 0.143. The summed E-state index contributed by atoms with van der Waals surface area (Å²) in [5.41, 5.74) is 3.28. The number of phenols is 2. The summed E-state index contributed by atoms with van der Waals surface area (Å²) in [4.78, 5) is 2.11. The fourth-order valence-corrected chi connectivity index (χ4v) is 2.34. The molecule has 1 aliphatic rings. The molecule has 2 aromatic carbocycles. The lowest BCUT2D eigenvalue weighted by atomic mass is 10.2. The molecule has 86 valence electrons. The summed E-state index contributed by atoms with van der Waals surface area (Å²) in [5.74, 6) is 0.175. The van der Waals surface area contributed by atoms with E-state index in [2.05, 4.69) is 17.0 Å². The van der Waals surface area contributed by atoms with Gasteiger partial charge in [-0.05, 0) is 18.1 Å². The first-order chi connectivity index (χ1) is 8.24. The van der Waals surface area contributed by atoms with Gasteiger partial charge in [0.1, 0.15) is 11.5 Å². The third-order valence-corrected chi connectivity index (χ3v) is 3.09. The van der Waals surface area contributed by atoms with Gasteiger partial charge < -0.3 is 15.1 Å². The average molecular weight is 227 g/mol. The molecule has 3 heteroatoms. The van der Waals surface area contributed by atoms with E-state index in [4.69, 9.17) is 0 Å². The lowest BCUT2D eigenvalue weighted by molar-refractivity contribution is 0.451. The molecule has 0 radical (unpaired) electrons. The summed E-state index contributed by atoms with van der Waals surface area (Å²) in [7, 11) is 0. The summed E-state index contributed by atoms with van der Waals surface area (Å²) >= 11 is 0. The minimum absolute atomic E-state index is 0.0874. The predicted octanol–water partition coefficient (Wildman–Crippen LogP) is 2.79. The van der Waals surface area contributed by atoms with Gasteiger partial charge in [-0.2, -0.15) is 0 Å². The summed E-state index contributed by atoms with van der Waals surface area (Å²) < 4.78 is 0. The fourth-order valence-electron chi connectivity index (χ4n) is 2.34. The van der Waals surface area contributed by atoms with Gasteiger partial charge in [-0.15, -0.1) is 0 Å². The van der Waals surface area contributed by atoms with E-state index >= 15 is 0 Å². The Hall–Kier alpha value is -2.16. The van der Waals surface area contributed by atoms with Crippen molar-refractivity contribution in [3.8, 4) is 11.5 Å². The highest BCUT2D eigenvalue weighted by Gasteiger charge is 2.20. The van der Waals surface area contributed by atoms with Crippen molar-refractivity contribution >= 4 is 11.4 Å². The number of fused-ring (bicyclic) bond motifs is 1. The molecule has 2 N–H and O–H groups in total. The summed E-state index contributed by atoms with van der Waals surface area (Å²) in [6.45, 7) is 0.877. The van der Waals surface area contributed by atoms with E-state index in [1.54, 1.807) is 12.1 Å². The zero-order chi connectivity index (χ0) is 11.8. The van der Waals surface area contributed by atoms with Crippen molar-refractivity contribution < 1.29 is 10.2 Å². The molecule has 1 heterocycles. The van der Waals surface area contributed by atoms with Crippen molar-refractivity contribution in [1.82, 2.24) is 0 Å². The summed E-state index contributed by atoms with van der Waals surface area (Å²) in [6, 6.07) is 12.9. The van der Waals surface area contributed by atoms with Gasteiger partial charge >= 0.3 is 0 Å². The van der Waals surface area contributed by atoms with Crippen LogP contribution in [0.25, 0.3) is 0 Å². The lowest BCUT2D eigenvalue weighted by Crippen LogP contribution is -2.12. The molecular weight excluding hydrogens is 214 g/mol. The molecule has 0 saturated carbocycles. The number of phenolic OH excluding ortho intramolecular Hbond substituents is 2. The third kappa shape index (κ3) is 1.69. The van der Waals surface area contributed by atoms with Crippen LogP contribution in [0.15, 0.2) is 42.5 Å². The van der Waals surface area contributed by atoms with Gasteiger partial charge in [-0.25, -0.2) is 0 Å². The molecule has 0 unspecified atom stereocenters. The van der Waals surface area contributed by atoms with E-state index < -0.39 is 0 Å². The Balaban J connectivity index is 2.06. The zero-order valence-corrected chi connectivity index (χ0v) is 9.30. The van der Waals surface area contributed by atoms with Gasteiger partial charge in [0.05, 0.1) is 0 Å². The van der Waals surface area contributed by atoms with Crippen LogP contribution in [0.1, 0.15) is 5.56 Å². The first kappa shape index (κ1) is 10.0. The normalized spacial score (nSPS) is 13.8. The van der Waals surface area contributed by atoms with Crippen molar-refractivity contribution in [2.75, 3.05) is 11.4 Å². The maximum Gasteiger partial charge on any atom is 0.121 e. The van der Waals surface area contributed by atoms with Crippen LogP contribution in [0.4, 0.5) is 11.4 Å². The Labute approximate surface area is 99.6 Å². The second kappa shape index (κ2) is 3.70. The molecular formula is C14H13NO2. The average Bonchev–Trinajstić information content (AvgIpc) is 2.71. The molecule has 0 saturated heterocycles. The molecule has 0 bridgehead atoms. The Kier molecular flexibility index (Phi) is 2.18. The number of hydrogen-bond donors (Lipinski definition) is 2. The van der Waals surface area contributed by atoms with Crippen molar-refractivity contribution in [1.29, 1.82) is 0 Å².